The van der Waals surface area contributed by atoms with Crippen LogP contribution in [0.25, 0.3) is 0 Å². The molecule has 0 spiro atoms. The predicted octanol–water partition coefficient (Wildman–Crippen LogP) is 2.50. The third-order valence-electron chi connectivity index (χ3n) is 3.14. The van der Waals surface area contributed by atoms with E-state index in [1.165, 1.54) is 7.05 Å². The van der Waals surface area contributed by atoms with Gasteiger partial charge in [0.25, 0.3) is 11.9 Å². The van der Waals surface area contributed by atoms with Gasteiger partial charge in [-0.2, -0.15) is 22.5 Å². The number of hydrogen-bond donors (Lipinski definition) is 0. The van der Waals surface area contributed by atoms with Gasteiger partial charge in [0.15, 0.2) is 0 Å². The van der Waals surface area contributed by atoms with Crippen molar-refractivity contribution in [2.45, 2.75) is 12.8 Å². The molecular weight excluding hydrogens is 264 g/mol. The third-order valence-corrected chi connectivity index (χ3v) is 3.14. The van der Waals surface area contributed by atoms with Gasteiger partial charge in [-0.1, -0.05) is 0 Å². The molecule has 1 saturated heterocycles. The van der Waals surface area contributed by atoms with Crippen LogP contribution in [0, 0.1) is 29.4 Å². The highest BCUT2D eigenvalue weighted by Gasteiger charge is 2.25. The topological polar surface area (TPSA) is 25.4 Å². The van der Waals surface area contributed by atoms with Crippen molar-refractivity contribution in [1.82, 2.24) is 4.98 Å². The van der Waals surface area contributed by atoms with Crippen molar-refractivity contribution >= 4 is 5.69 Å². The molecule has 0 aliphatic carbocycles. The van der Waals surface area contributed by atoms with Crippen molar-refractivity contribution in [2.24, 2.45) is 5.92 Å². The van der Waals surface area contributed by atoms with E-state index in [1.54, 1.807) is 0 Å². The molecule has 1 atom stereocenters. The normalized spacial score (nSPS) is 19.5. The summed E-state index contributed by atoms with van der Waals surface area (Å²) in [5, 5.41) is 0. The first-order valence-corrected chi connectivity index (χ1v) is 5.99. The second-order valence-electron chi connectivity index (χ2n) is 4.63. The summed E-state index contributed by atoms with van der Waals surface area (Å²) in [7, 11) is 1.38. The largest absolute Gasteiger partial charge is 0.381 e. The van der Waals surface area contributed by atoms with Crippen LogP contribution < -0.4 is 4.90 Å². The molecule has 19 heavy (non-hydrogen) atoms. The van der Waals surface area contributed by atoms with Crippen molar-refractivity contribution in [3.8, 4) is 0 Å². The summed E-state index contributed by atoms with van der Waals surface area (Å²) >= 11 is 0. The van der Waals surface area contributed by atoms with E-state index in [4.69, 9.17) is 4.74 Å². The van der Waals surface area contributed by atoms with E-state index in [-0.39, 0.29) is 12.5 Å². The molecule has 7 heteroatoms. The summed E-state index contributed by atoms with van der Waals surface area (Å²) < 4.78 is 58.3. The fourth-order valence-corrected chi connectivity index (χ4v) is 2.24. The Hall–Kier alpha value is -1.37. The summed E-state index contributed by atoms with van der Waals surface area (Å²) in [6, 6.07) is 0. The molecule has 1 aliphatic rings. The molecule has 1 fully saturated rings. The molecule has 106 valence electrons. The van der Waals surface area contributed by atoms with E-state index in [0.29, 0.717) is 13.2 Å². The number of pyridine rings is 1. The predicted molar refractivity (Wildman–Crippen MR) is 60.9 cm³/mol. The lowest BCUT2D eigenvalue weighted by Gasteiger charge is -2.28. The van der Waals surface area contributed by atoms with Gasteiger partial charge in [0.1, 0.15) is 5.69 Å². The highest BCUT2D eigenvalue weighted by atomic mass is 19.2. The molecule has 3 nitrogen and oxygen atoms in total. The Kier molecular flexibility index (Phi) is 4.24. The lowest BCUT2D eigenvalue weighted by Crippen LogP contribution is -2.32. The fraction of sp³-hybridized carbons (Fsp3) is 0.583. The van der Waals surface area contributed by atoms with Crippen molar-refractivity contribution in [3.05, 3.63) is 23.5 Å². The number of halogens is 4. The number of ether oxygens (including phenoxy) is 1. The van der Waals surface area contributed by atoms with Crippen LogP contribution in [0.3, 0.4) is 0 Å². The van der Waals surface area contributed by atoms with Crippen LogP contribution in [-0.4, -0.2) is 31.8 Å². The van der Waals surface area contributed by atoms with E-state index in [1.807, 2.05) is 0 Å². The molecule has 1 aromatic rings. The zero-order chi connectivity index (χ0) is 14.0. The lowest BCUT2D eigenvalue weighted by atomic mass is 10.0. The smallest absolute Gasteiger partial charge is 0.253 e. The Bertz CT molecular complexity index is 437. The molecule has 0 bridgehead atoms. The average Bonchev–Trinajstić information content (AvgIpc) is 2.38. The first-order chi connectivity index (χ1) is 9.00. The van der Waals surface area contributed by atoms with E-state index in [0.717, 1.165) is 17.7 Å². The second kappa shape index (κ2) is 5.73. The molecule has 0 amide bonds. The molecule has 1 aromatic heterocycles. The molecule has 2 rings (SSSR count). The number of rotatable bonds is 3. The summed E-state index contributed by atoms with van der Waals surface area (Å²) in [6.07, 6.45) is 1.71. The van der Waals surface area contributed by atoms with Crippen LogP contribution in [0.2, 0.25) is 0 Å². The zero-order valence-electron chi connectivity index (χ0n) is 10.4. The minimum Gasteiger partial charge on any atom is -0.381 e. The van der Waals surface area contributed by atoms with Gasteiger partial charge in [-0.3, -0.25) is 0 Å². The minimum atomic E-state index is -1.64. The number of nitrogens with zero attached hydrogens (tertiary/aromatic N) is 2. The van der Waals surface area contributed by atoms with Crippen LogP contribution >= 0.6 is 0 Å². The van der Waals surface area contributed by atoms with Crippen LogP contribution in [-0.2, 0) is 4.74 Å². The highest BCUT2D eigenvalue weighted by Crippen LogP contribution is 2.27. The maximum Gasteiger partial charge on any atom is 0.253 e. The van der Waals surface area contributed by atoms with Gasteiger partial charge in [0, 0.05) is 20.2 Å². The summed E-state index contributed by atoms with van der Waals surface area (Å²) in [4.78, 5) is 3.69. The van der Waals surface area contributed by atoms with Crippen LogP contribution in [0.5, 0.6) is 0 Å². The van der Waals surface area contributed by atoms with Crippen LogP contribution in [0.1, 0.15) is 12.8 Å². The maximum absolute atomic E-state index is 13.5. The number of aromatic nitrogens is 1. The molecule has 0 aromatic carbocycles. The van der Waals surface area contributed by atoms with Crippen molar-refractivity contribution < 1.29 is 22.3 Å². The molecule has 0 saturated carbocycles. The summed E-state index contributed by atoms with van der Waals surface area (Å²) in [6.45, 7) is 1.40. The summed E-state index contributed by atoms with van der Waals surface area (Å²) in [5.41, 5.74) is -0.726. The Morgan fingerprint density at radius 3 is 2.37 bits per heavy atom. The molecule has 0 N–H and O–H groups in total. The molecule has 0 radical (unpaired) electrons. The van der Waals surface area contributed by atoms with E-state index in [9.17, 15) is 17.6 Å². The van der Waals surface area contributed by atoms with Crippen LogP contribution in [0.4, 0.5) is 23.2 Å². The van der Waals surface area contributed by atoms with Crippen molar-refractivity contribution in [3.63, 3.8) is 0 Å². The SMILES string of the molecule is CN(CC1CCCOC1)c1c(F)c(F)nc(F)c1F. The second-order valence-corrected chi connectivity index (χ2v) is 4.63. The third kappa shape index (κ3) is 2.97. The molecule has 1 aliphatic heterocycles. The standard InChI is InChI=1S/C12H14F4N2O/c1-18(5-7-3-2-4-19-6-7)10-8(13)11(15)17-12(16)9(10)14/h7H,2-6H2,1H3. The minimum absolute atomic E-state index is 0.0804. The summed E-state index contributed by atoms with van der Waals surface area (Å²) in [5.74, 6) is -6.14. The molecule has 2 heterocycles. The maximum atomic E-state index is 13.5. The molecular formula is C12H14F4N2O. The monoisotopic (exact) mass is 278 g/mol. The Morgan fingerprint density at radius 1 is 1.21 bits per heavy atom. The van der Waals surface area contributed by atoms with Gasteiger partial charge in [0.2, 0.25) is 11.6 Å². The average molecular weight is 278 g/mol. The van der Waals surface area contributed by atoms with Gasteiger partial charge < -0.3 is 9.64 Å². The van der Waals surface area contributed by atoms with E-state index in [2.05, 4.69) is 4.98 Å². The lowest BCUT2D eigenvalue weighted by molar-refractivity contribution is 0.0575. The van der Waals surface area contributed by atoms with Crippen LogP contribution in [0.15, 0.2) is 0 Å². The molecule has 1 unspecified atom stereocenters. The Balaban J connectivity index is 2.20. The quantitative estimate of drug-likeness (QED) is 0.627. The Labute approximate surface area is 108 Å². The highest BCUT2D eigenvalue weighted by molar-refractivity contribution is 5.47. The first kappa shape index (κ1) is 14.0. The Morgan fingerprint density at radius 2 is 1.84 bits per heavy atom. The number of anilines is 1. The van der Waals surface area contributed by atoms with Crippen molar-refractivity contribution in [1.29, 1.82) is 0 Å². The van der Waals surface area contributed by atoms with Gasteiger partial charge in [-0.05, 0) is 18.8 Å². The van der Waals surface area contributed by atoms with Gasteiger partial charge >= 0.3 is 0 Å². The van der Waals surface area contributed by atoms with Gasteiger partial charge in [-0.25, -0.2) is 0 Å². The van der Waals surface area contributed by atoms with Crippen molar-refractivity contribution in [2.75, 3.05) is 31.7 Å². The fourth-order valence-electron chi connectivity index (χ4n) is 2.24. The van der Waals surface area contributed by atoms with Gasteiger partial charge in [0.05, 0.1) is 6.61 Å². The zero-order valence-corrected chi connectivity index (χ0v) is 10.4. The first-order valence-electron chi connectivity index (χ1n) is 5.99. The number of hydrogen-bond acceptors (Lipinski definition) is 3. The van der Waals surface area contributed by atoms with Gasteiger partial charge in [-0.15, -0.1) is 0 Å². The van der Waals surface area contributed by atoms with E-state index < -0.39 is 29.2 Å². The van der Waals surface area contributed by atoms with E-state index >= 15 is 0 Å².